The normalized spacial score (nSPS) is 18.6. The number of nitrogens with two attached hydrogens (primary N) is 1. The van der Waals surface area contributed by atoms with Crippen molar-refractivity contribution in [3.63, 3.8) is 0 Å². The lowest BCUT2D eigenvalue weighted by Gasteiger charge is -2.25. The van der Waals surface area contributed by atoms with Crippen LogP contribution in [0.1, 0.15) is 5.82 Å². The van der Waals surface area contributed by atoms with Gasteiger partial charge >= 0.3 is 6.01 Å². The Bertz CT molecular complexity index is 283. The van der Waals surface area contributed by atoms with Crippen LogP contribution < -0.4 is 5.73 Å². The lowest BCUT2D eigenvalue weighted by molar-refractivity contribution is 0.0382. The Morgan fingerprint density at radius 2 is 2.14 bits per heavy atom. The highest BCUT2D eigenvalue weighted by molar-refractivity contribution is 5.07. The summed E-state index contributed by atoms with van der Waals surface area (Å²) in [5, 5.41) is 3.73. The average molecular weight is 198 g/mol. The largest absolute Gasteiger partial charge is 0.379 e. The molecule has 6 nitrogen and oxygen atoms in total. The van der Waals surface area contributed by atoms with Crippen LogP contribution in [0.15, 0.2) is 4.52 Å². The van der Waals surface area contributed by atoms with Crippen LogP contribution in [0, 0.1) is 0 Å². The maximum atomic E-state index is 5.31. The number of hydrogen-bond donors (Lipinski definition) is 1. The molecule has 0 aliphatic carbocycles. The second-order valence-electron chi connectivity index (χ2n) is 3.25. The Labute approximate surface area is 82.0 Å². The molecule has 1 fully saturated rings. The second kappa shape index (κ2) is 4.39. The summed E-state index contributed by atoms with van der Waals surface area (Å²) in [5.41, 5.74) is 5.31. The van der Waals surface area contributed by atoms with Crippen molar-refractivity contribution in [1.82, 2.24) is 15.0 Å². The Morgan fingerprint density at radius 1 is 1.36 bits per heavy atom. The van der Waals surface area contributed by atoms with Gasteiger partial charge in [-0.25, -0.2) is 0 Å². The molecule has 6 heteroatoms. The maximum Gasteiger partial charge on any atom is 0.318 e. The third-order valence-electron chi connectivity index (χ3n) is 2.24. The molecule has 0 bridgehead atoms. The van der Waals surface area contributed by atoms with Crippen LogP contribution in [-0.2, 0) is 11.2 Å². The Hall–Kier alpha value is -1.14. The van der Waals surface area contributed by atoms with Crippen molar-refractivity contribution in [3.8, 4) is 0 Å². The van der Waals surface area contributed by atoms with E-state index >= 15 is 0 Å². The predicted octanol–water partition coefficient (Wildman–Crippen LogP) is -0.474. The van der Waals surface area contributed by atoms with E-state index in [1.807, 2.05) is 0 Å². The van der Waals surface area contributed by atoms with E-state index in [1.165, 1.54) is 0 Å². The number of anilines is 1. The molecular weight excluding hydrogens is 184 g/mol. The molecule has 0 spiro atoms. The first kappa shape index (κ1) is 9.42. The van der Waals surface area contributed by atoms with Gasteiger partial charge in [-0.2, -0.15) is 4.98 Å². The van der Waals surface area contributed by atoms with Crippen LogP contribution in [0.3, 0.4) is 0 Å². The molecular formula is C8H14N4O2. The molecule has 0 unspecified atom stereocenters. The zero-order valence-electron chi connectivity index (χ0n) is 7.98. The molecule has 1 aliphatic heterocycles. The number of hydrogen-bond acceptors (Lipinski definition) is 6. The molecule has 78 valence electrons. The standard InChI is InChI=1S/C8H14N4O2/c9-8-10-7(11-14-8)1-2-12-3-5-13-6-4-12/h1-6H2,(H2,9,10,11). The minimum Gasteiger partial charge on any atom is -0.379 e. The van der Waals surface area contributed by atoms with Gasteiger partial charge in [-0.15, -0.1) is 0 Å². The summed E-state index contributed by atoms with van der Waals surface area (Å²) < 4.78 is 9.92. The van der Waals surface area contributed by atoms with E-state index in [-0.39, 0.29) is 6.01 Å². The van der Waals surface area contributed by atoms with Gasteiger partial charge in [-0.3, -0.25) is 4.90 Å². The SMILES string of the molecule is Nc1nc(CCN2CCOCC2)no1. The minimum absolute atomic E-state index is 0.141. The summed E-state index contributed by atoms with van der Waals surface area (Å²) in [5.74, 6) is 0.675. The van der Waals surface area contributed by atoms with Crippen molar-refractivity contribution in [1.29, 1.82) is 0 Å². The van der Waals surface area contributed by atoms with Gasteiger partial charge in [0.05, 0.1) is 13.2 Å². The highest BCUT2D eigenvalue weighted by Crippen LogP contribution is 2.02. The van der Waals surface area contributed by atoms with E-state index in [2.05, 4.69) is 19.6 Å². The van der Waals surface area contributed by atoms with E-state index in [9.17, 15) is 0 Å². The molecule has 1 saturated heterocycles. The molecule has 1 aliphatic rings. The monoisotopic (exact) mass is 198 g/mol. The van der Waals surface area contributed by atoms with E-state index in [1.54, 1.807) is 0 Å². The first-order valence-corrected chi connectivity index (χ1v) is 4.73. The fourth-order valence-corrected chi connectivity index (χ4v) is 1.45. The van der Waals surface area contributed by atoms with Crippen molar-refractivity contribution in [2.24, 2.45) is 0 Å². The van der Waals surface area contributed by atoms with Gasteiger partial charge in [0.2, 0.25) is 0 Å². The highest BCUT2D eigenvalue weighted by atomic mass is 16.5. The van der Waals surface area contributed by atoms with Crippen molar-refractivity contribution < 1.29 is 9.26 Å². The molecule has 1 aromatic heterocycles. The molecule has 2 heterocycles. The van der Waals surface area contributed by atoms with Crippen LogP contribution in [-0.4, -0.2) is 47.9 Å². The zero-order valence-corrected chi connectivity index (χ0v) is 7.98. The zero-order chi connectivity index (χ0) is 9.80. The first-order valence-electron chi connectivity index (χ1n) is 4.73. The summed E-state index contributed by atoms with van der Waals surface area (Å²) in [7, 11) is 0. The molecule has 0 saturated carbocycles. The van der Waals surface area contributed by atoms with Crippen LogP contribution in [0.2, 0.25) is 0 Å². The van der Waals surface area contributed by atoms with Crippen LogP contribution in [0.25, 0.3) is 0 Å². The molecule has 0 atom stereocenters. The van der Waals surface area contributed by atoms with Gasteiger partial charge in [0, 0.05) is 26.1 Å². The van der Waals surface area contributed by atoms with Gasteiger partial charge in [0.25, 0.3) is 0 Å². The maximum absolute atomic E-state index is 5.31. The van der Waals surface area contributed by atoms with Gasteiger partial charge in [-0.1, -0.05) is 5.16 Å². The average Bonchev–Trinajstić information content (AvgIpc) is 2.63. The van der Waals surface area contributed by atoms with Crippen LogP contribution in [0.5, 0.6) is 0 Å². The molecule has 14 heavy (non-hydrogen) atoms. The van der Waals surface area contributed by atoms with E-state index in [4.69, 9.17) is 10.5 Å². The van der Waals surface area contributed by atoms with Gasteiger partial charge in [0.1, 0.15) is 0 Å². The predicted molar refractivity (Wildman–Crippen MR) is 49.7 cm³/mol. The number of morpholine rings is 1. The van der Waals surface area contributed by atoms with Gasteiger partial charge in [0.15, 0.2) is 5.82 Å². The molecule has 0 aromatic carbocycles. The van der Waals surface area contributed by atoms with Crippen LogP contribution in [0.4, 0.5) is 6.01 Å². The lowest BCUT2D eigenvalue weighted by atomic mass is 10.3. The van der Waals surface area contributed by atoms with Crippen molar-refractivity contribution in [3.05, 3.63) is 5.82 Å². The highest BCUT2D eigenvalue weighted by Gasteiger charge is 2.11. The Kier molecular flexibility index (Phi) is 2.95. The third kappa shape index (κ3) is 2.43. The smallest absolute Gasteiger partial charge is 0.318 e. The fourth-order valence-electron chi connectivity index (χ4n) is 1.45. The van der Waals surface area contributed by atoms with Crippen molar-refractivity contribution >= 4 is 6.01 Å². The van der Waals surface area contributed by atoms with Crippen LogP contribution >= 0.6 is 0 Å². The lowest BCUT2D eigenvalue weighted by Crippen LogP contribution is -2.37. The summed E-state index contributed by atoms with van der Waals surface area (Å²) in [6.07, 6.45) is 0.778. The van der Waals surface area contributed by atoms with E-state index < -0.39 is 0 Å². The minimum atomic E-state index is 0.141. The number of aromatic nitrogens is 2. The first-order chi connectivity index (χ1) is 6.84. The van der Waals surface area contributed by atoms with Crippen molar-refractivity contribution in [2.75, 3.05) is 38.6 Å². The number of ether oxygens (including phenoxy) is 1. The molecule has 1 aromatic rings. The third-order valence-corrected chi connectivity index (χ3v) is 2.24. The van der Waals surface area contributed by atoms with Gasteiger partial charge in [-0.05, 0) is 0 Å². The van der Waals surface area contributed by atoms with E-state index in [0.29, 0.717) is 5.82 Å². The molecule has 0 amide bonds. The topological polar surface area (TPSA) is 77.4 Å². The Morgan fingerprint density at radius 3 is 2.79 bits per heavy atom. The number of nitrogens with zero attached hydrogens (tertiary/aromatic N) is 3. The Balaban J connectivity index is 1.76. The van der Waals surface area contributed by atoms with Gasteiger partial charge < -0.3 is 15.0 Å². The summed E-state index contributed by atoms with van der Waals surface area (Å²) in [6.45, 7) is 4.52. The van der Waals surface area contributed by atoms with Crippen molar-refractivity contribution in [2.45, 2.75) is 6.42 Å². The summed E-state index contributed by atoms with van der Waals surface area (Å²) in [6, 6.07) is 0.141. The fraction of sp³-hybridized carbons (Fsp3) is 0.750. The molecule has 2 N–H and O–H groups in total. The quantitative estimate of drug-likeness (QED) is 0.707. The molecule has 0 radical (unpaired) electrons. The summed E-state index contributed by atoms with van der Waals surface area (Å²) in [4.78, 5) is 6.25. The molecule has 2 rings (SSSR count). The summed E-state index contributed by atoms with van der Waals surface area (Å²) >= 11 is 0. The number of rotatable bonds is 3. The number of nitrogen functional groups attached to an aromatic ring is 1. The second-order valence-corrected chi connectivity index (χ2v) is 3.25. The van der Waals surface area contributed by atoms with E-state index in [0.717, 1.165) is 39.3 Å².